The Morgan fingerprint density at radius 3 is 2.45 bits per heavy atom. The van der Waals surface area contributed by atoms with Gasteiger partial charge in [0.15, 0.2) is 12.4 Å². The predicted octanol–water partition coefficient (Wildman–Crippen LogP) is 2.21. The number of ether oxygens (including phenoxy) is 2. The quantitative estimate of drug-likeness (QED) is 0.461. The van der Waals surface area contributed by atoms with Gasteiger partial charge in [0.1, 0.15) is 11.5 Å². The maximum atomic E-state index is 12.1. The van der Waals surface area contributed by atoms with Crippen molar-refractivity contribution >= 4 is 23.7 Å². The van der Waals surface area contributed by atoms with E-state index < -0.39 is 24.5 Å². The number of hydrogen-bond acceptors (Lipinski definition) is 7. The smallest absolute Gasteiger partial charge is 0.321 e. The molecule has 0 aliphatic carbocycles. The number of ketones is 1. The Kier molecular flexibility index (Phi) is 8.43. The third kappa shape index (κ3) is 7.87. The molecule has 0 spiro atoms. The van der Waals surface area contributed by atoms with E-state index in [0.717, 1.165) is 0 Å². The summed E-state index contributed by atoms with van der Waals surface area (Å²) in [7, 11) is 0. The lowest BCUT2D eigenvalue weighted by molar-refractivity contribution is -0.148. The van der Waals surface area contributed by atoms with Gasteiger partial charge in [0.25, 0.3) is 5.91 Å². The molecule has 0 saturated heterocycles. The first-order valence-corrected chi connectivity index (χ1v) is 8.99. The van der Waals surface area contributed by atoms with Crippen LogP contribution in [0.3, 0.4) is 0 Å². The normalized spacial score (nSPS) is 10.1. The lowest BCUT2D eigenvalue weighted by atomic mass is 10.1. The van der Waals surface area contributed by atoms with E-state index >= 15 is 0 Å². The van der Waals surface area contributed by atoms with E-state index in [0.29, 0.717) is 23.7 Å². The molecule has 1 heterocycles. The molecular formula is C20H22N2O7. The third-order valence-corrected chi connectivity index (χ3v) is 3.66. The van der Waals surface area contributed by atoms with Gasteiger partial charge >= 0.3 is 12.0 Å². The van der Waals surface area contributed by atoms with Crippen LogP contribution in [0.5, 0.6) is 5.75 Å². The lowest BCUT2D eigenvalue weighted by Gasteiger charge is -2.07. The van der Waals surface area contributed by atoms with E-state index in [2.05, 4.69) is 5.32 Å². The van der Waals surface area contributed by atoms with Gasteiger partial charge in [0.2, 0.25) is 0 Å². The molecular weight excluding hydrogens is 380 g/mol. The topological polar surface area (TPSA) is 124 Å². The van der Waals surface area contributed by atoms with Crippen LogP contribution in [0.4, 0.5) is 4.79 Å². The Bertz CT molecular complexity index is 829. The third-order valence-electron chi connectivity index (χ3n) is 3.66. The summed E-state index contributed by atoms with van der Waals surface area (Å²) in [5.74, 6) is -0.547. The van der Waals surface area contributed by atoms with Crippen LogP contribution in [0, 0.1) is 0 Å². The minimum atomic E-state index is -0.784. The zero-order valence-corrected chi connectivity index (χ0v) is 15.9. The molecule has 154 valence electrons. The molecule has 2 N–H and O–H groups in total. The molecule has 0 atom stereocenters. The zero-order chi connectivity index (χ0) is 21.1. The highest BCUT2D eigenvalue weighted by atomic mass is 16.5. The largest absolute Gasteiger partial charge is 0.494 e. The molecule has 0 bridgehead atoms. The predicted molar refractivity (Wildman–Crippen MR) is 101 cm³/mol. The number of Topliss-reactive ketones (excluding diaryl/α,β-unsaturated/α-hetero) is 1. The molecule has 2 aromatic rings. The van der Waals surface area contributed by atoms with Crippen molar-refractivity contribution in [2.75, 3.05) is 13.2 Å². The number of nitrogens with one attached hydrogen (secondary N) is 2. The Labute approximate surface area is 167 Å². The number of hydrogen-bond donors (Lipinski definition) is 2. The number of benzene rings is 1. The van der Waals surface area contributed by atoms with E-state index in [1.165, 1.54) is 6.26 Å². The fourth-order valence-corrected chi connectivity index (χ4v) is 2.27. The van der Waals surface area contributed by atoms with Crippen molar-refractivity contribution in [2.24, 2.45) is 0 Å². The van der Waals surface area contributed by atoms with Crippen LogP contribution in [-0.2, 0) is 20.9 Å². The molecule has 3 amide bonds. The molecule has 0 radical (unpaired) electrons. The van der Waals surface area contributed by atoms with E-state index in [1.54, 1.807) is 36.4 Å². The van der Waals surface area contributed by atoms with E-state index in [9.17, 15) is 19.2 Å². The number of amides is 3. The first kappa shape index (κ1) is 21.7. The van der Waals surface area contributed by atoms with Gasteiger partial charge < -0.3 is 19.2 Å². The van der Waals surface area contributed by atoms with Crippen LogP contribution in [-0.4, -0.2) is 36.9 Å². The summed E-state index contributed by atoms with van der Waals surface area (Å²) >= 11 is 0. The minimum Gasteiger partial charge on any atom is -0.494 e. The molecule has 0 aliphatic heterocycles. The first-order valence-electron chi connectivity index (χ1n) is 8.99. The fourth-order valence-electron chi connectivity index (χ4n) is 2.27. The fraction of sp³-hybridized carbons (Fsp3) is 0.300. The lowest BCUT2D eigenvalue weighted by Crippen LogP contribution is -2.41. The van der Waals surface area contributed by atoms with Crippen LogP contribution in [0.15, 0.2) is 47.1 Å². The Morgan fingerprint density at radius 1 is 1.03 bits per heavy atom. The van der Waals surface area contributed by atoms with Crippen molar-refractivity contribution < 1.29 is 33.1 Å². The number of urea groups is 1. The van der Waals surface area contributed by atoms with Crippen LogP contribution in [0.1, 0.15) is 35.9 Å². The second-order valence-corrected chi connectivity index (χ2v) is 5.85. The van der Waals surface area contributed by atoms with Gasteiger partial charge in [-0.2, -0.15) is 0 Å². The van der Waals surface area contributed by atoms with Gasteiger partial charge in [-0.15, -0.1) is 0 Å². The molecule has 0 saturated carbocycles. The van der Waals surface area contributed by atoms with E-state index in [4.69, 9.17) is 13.9 Å². The zero-order valence-electron chi connectivity index (χ0n) is 15.9. The number of esters is 1. The van der Waals surface area contributed by atoms with Crippen molar-refractivity contribution in [3.8, 4) is 5.75 Å². The summed E-state index contributed by atoms with van der Waals surface area (Å²) in [4.78, 5) is 46.9. The number of carbonyl (C=O) groups is 4. The second kappa shape index (κ2) is 11.3. The molecule has 9 heteroatoms. The van der Waals surface area contributed by atoms with Gasteiger partial charge in [-0.25, -0.2) is 4.79 Å². The van der Waals surface area contributed by atoms with Crippen molar-refractivity contribution in [2.45, 2.75) is 26.3 Å². The van der Waals surface area contributed by atoms with E-state index in [1.807, 2.05) is 12.2 Å². The Balaban J connectivity index is 1.63. The minimum absolute atomic E-state index is 0.0575. The monoisotopic (exact) mass is 402 g/mol. The highest BCUT2D eigenvalue weighted by Gasteiger charge is 2.13. The van der Waals surface area contributed by atoms with Crippen LogP contribution < -0.4 is 15.4 Å². The Hall–Kier alpha value is -3.62. The van der Waals surface area contributed by atoms with Crippen molar-refractivity contribution in [1.29, 1.82) is 0 Å². The molecule has 9 nitrogen and oxygen atoms in total. The van der Waals surface area contributed by atoms with Crippen LogP contribution in [0.2, 0.25) is 0 Å². The average Bonchev–Trinajstić information content (AvgIpc) is 3.23. The number of imide groups is 1. The molecule has 0 unspecified atom stereocenters. The summed E-state index contributed by atoms with van der Waals surface area (Å²) in [6, 6.07) is 9.18. The van der Waals surface area contributed by atoms with Gasteiger partial charge in [-0.3, -0.25) is 19.7 Å². The molecule has 0 fully saturated rings. The molecule has 1 aromatic heterocycles. The summed E-state index contributed by atoms with van der Waals surface area (Å²) in [5, 5.41) is 4.43. The summed E-state index contributed by atoms with van der Waals surface area (Å²) in [6.07, 6.45) is 1.22. The van der Waals surface area contributed by atoms with Crippen molar-refractivity contribution in [3.05, 3.63) is 54.0 Å². The summed E-state index contributed by atoms with van der Waals surface area (Å²) in [5.41, 5.74) is 0.451. The summed E-state index contributed by atoms with van der Waals surface area (Å²) in [6.45, 7) is 1.88. The highest BCUT2D eigenvalue weighted by Crippen LogP contribution is 2.14. The molecule has 1 aromatic carbocycles. The van der Waals surface area contributed by atoms with E-state index in [-0.39, 0.29) is 25.2 Å². The maximum absolute atomic E-state index is 12.1. The summed E-state index contributed by atoms with van der Waals surface area (Å²) < 4.78 is 15.1. The first-order chi connectivity index (χ1) is 14.0. The number of rotatable bonds is 10. The van der Waals surface area contributed by atoms with Crippen LogP contribution >= 0.6 is 0 Å². The second-order valence-electron chi connectivity index (χ2n) is 5.85. The van der Waals surface area contributed by atoms with Gasteiger partial charge in [-0.05, 0) is 43.3 Å². The SMILES string of the molecule is CCOc1ccc(C(=O)CCC(=O)OCC(=O)NC(=O)NCc2ccco2)cc1. The molecule has 29 heavy (non-hydrogen) atoms. The molecule has 0 aliphatic rings. The van der Waals surface area contributed by atoms with Gasteiger partial charge in [0.05, 0.1) is 25.8 Å². The average molecular weight is 402 g/mol. The van der Waals surface area contributed by atoms with Crippen molar-refractivity contribution in [1.82, 2.24) is 10.6 Å². The van der Waals surface area contributed by atoms with Gasteiger partial charge in [0, 0.05) is 12.0 Å². The maximum Gasteiger partial charge on any atom is 0.321 e. The van der Waals surface area contributed by atoms with Crippen molar-refractivity contribution in [3.63, 3.8) is 0 Å². The standard InChI is InChI=1S/C20H22N2O7/c1-2-27-15-7-5-14(6-8-15)17(23)9-10-19(25)29-13-18(24)22-20(26)21-12-16-4-3-11-28-16/h3-8,11H,2,9-10,12-13H2,1H3,(H2,21,22,24,26). The highest BCUT2D eigenvalue weighted by molar-refractivity contribution is 5.98. The number of furan rings is 1. The van der Waals surface area contributed by atoms with Crippen LogP contribution in [0.25, 0.3) is 0 Å². The van der Waals surface area contributed by atoms with Gasteiger partial charge in [-0.1, -0.05) is 0 Å². The number of carbonyl (C=O) groups excluding carboxylic acids is 4. The molecule has 2 rings (SSSR count). The Morgan fingerprint density at radius 2 is 1.79 bits per heavy atom.